The van der Waals surface area contributed by atoms with Crippen molar-refractivity contribution < 1.29 is 17.9 Å². The number of halogens is 3. The Kier molecular flexibility index (Phi) is 4.40. The van der Waals surface area contributed by atoms with Crippen molar-refractivity contribution in [3.8, 4) is 0 Å². The van der Waals surface area contributed by atoms with Crippen LogP contribution in [0.4, 0.5) is 19.1 Å². The maximum Gasteiger partial charge on any atom is 0.394 e. The first kappa shape index (κ1) is 21.5. The van der Waals surface area contributed by atoms with Crippen LogP contribution < -0.4 is 10.5 Å². The van der Waals surface area contributed by atoms with Crippen molar-refractivity contribution in [3.63, 3.8) is 0 Å². The first-order valence-corrected chi connectivity index (χ1v) is 11.2. The Morgan fingerprint density at radius 2 is 1.85 bits per heavy atom. The van der Waals surface area contributed by atoms with Crippen molar-refractivity contribution in [2.75, 3.05) is 24.6 Å². The highest BCUT2D eigenvalue weighted by atomic mass is 19.4. The summed E-state index contributed by atoms with van der Waals surface area (Å²) < 4.78 is 46.5. The van der Waals surface area contributed by atoms with E-state index in [9.17, 15) is 18.0 Å². The van der Waals surface area contributed by atoms with E-state index >= 15 is 0 Å². The summed E-state index contributed by atoms with van der Waals surface area (Å²) in [6.45, 7) is 4.98. The molecule has 3 saturated carbocycles. The van der Waals surface area contributed by atoms with E-state index in [0.29, 0.717) is 48.2 Å². The number of morpholine rings is 1. The molecular formula is C23H23F3N6O2. The molecule has 7 rings (SSSR count). The molecule has 8 nitrogen and oxygen atoms in total. The van der Waals surface area contributed by atoms with Gasteiger partial charge in [0.1, 0.15) is 11.6 Å². The molecule has 1 aliphatic heterocycles. The Hall–Kier alpha value is -3.08. The summed E-state index contributed by atoms with van der Waals surface area (Å²) in [4.78, 5) is 35.0. The van der Waals surface area contributed by atoms with Gasteiger partial charge in [0.15, 0.2) is 5.65 Å². The summed E-state index contributed by atoms with van der Waals surface area (Å²) in [5.41, 5.74) is 1.17. The molecule has 0 unspecified atom stereocenters. The lowest BCUT2D eigenvalue weighted by molar-refractivity contribution is -0.337. The number of pyridine rings is 1. The third-order valence-electron chi connectivity index (χ3n) is 7.58. The van der Waals surface area contributed by atoms with E-state index in [4.69, 9.17) is 9.72 Å². The number of hydrogen-bond donors (Lipinski definition) is 1. The average molecular weight is 472 g/mol. The molecule has 3 aromatic rings. The number of rotatable bonds is 3. The van der Waals surface area contributed by atoms with Gasteiger partial charge in [-0.15, -0.1) is 0 Å². The van der Waals surface area contributed by atoms with Gasteiger partial charge >= 0.3 is 6.18 Å². The number of anilines is 1. The highest BCUT2D eigenvalue weighted by Gasteiger charge is 2.79. The van der Waals surface area contributed by atoms with Crippen LogP contribution in [0.2, 0.25) is 0 Å². The van der Waals surface area contributed by atoms with Crippen LogP contribution >= 0.6 is 0 Å². The number of fused-ring (bicyclic) bond motifs is 1. The van der Waals surface area contributed by atoms with Crippen LogP contribution in [0, 0.1) is 19.3 Å². The highest BCUT2D eigenvalue weighted by molar-refractivity contribution is 5.77. The molecule has 11 heteroatoms. The molecule has 1 atom stereocenters. The van der Waals surface area contributed by atoms with E-state index in [-0.39, 0.29) is 30.9 Å². The largest absolute Gasteiger partial charge is 0.394 e. The zero-order valence-corrected chi connectivity index (χ0v) is 18.7. The monoisotopic (exact) mass is 472 g/mol. The van der Waals surface area contributed by atoms with Crippen molar-refractivity contribution in [3.05, 3.63) is 51.3 Å². The van der Waals surface area contributed by atoms with Gasteiger partial charge in [-0.1, -0.05) is 0 Å². The standard InChI is InChI=1S/C23H23F3N6O2/c1-12-13(2)29-19-17(28-12)18(21-9-22(10-21,11-21)23(24,25)26)30-20(31-19)32-5-6-34-15(8-32)14-3-4-27-16(33)7-14/h3-4,7,15H,5-6,8-11H2,1-2H3,(H,27,33)/t15-,21?,22?/m0/s1. The van der Waals surface area contributed by atoms with E-state index < -0.39 is 17.0 Å². The molecule has 3 aromatic heterocycles. The summed E-state index contributed by atoms with van der Waals surface area (Å²) in [7, 11) is 0. The van der Waals surface area contributed by atoms with Crippen LogP contribution in [-0.4, -0.2) is 50.8 Å². The number of ether oxygens (including phenoxy) is 1. The van der Waals surface area contributed by atoms with Gasteiger partial charge in [0.2, 0.25) is 11.5 Å². The van der Waals surface area contributed by atoms with Gasteiger partial charge in [-0.3, -0.25) is 4.79 Å². The Morgan fingerprint density at radius 1 is 1.12 bits per heavy atom. The van der Waals surface area contributed by atoms with Crippen molar-refractivity contribution in [2.24, 2.45) is 5.41 Å². The topological polar surface area (TPSA) is 96.9 Å². The fourth-order valence-electron chi connectivity index (χ4n) is 5.65. The zero-order chi connectivity index (χ0) is 23.9. The molecule has 0 aromatic carbocycles. The first-order valence-electron chi connectivity index (χ1n) is 11.2. The molecule has 4 fully saturated rings. The smallest absolute Gasteiger partial charge is 0.370 e. The van der Waals surface area contributed by atoms with Crippen LogP contribution in [0.15, 0.2) is 23.1 Å². The Balaban J connectivity index is 1.39. The number of alkyl halides is 3. The Labute approximate surface area is 192 Å². The van der Waals surface area contributed by atoms with Crippen LogP contribution in [-0.2, 0) is 10.2 Å². The molecular weight excluding hydrogens is 449 g/mol. The van der Waals surface area contributed by atoms with Crippen LogP contribution in [0.1, 0.15) is 48.0 Å². The van der Waals surface area contributed by atoms with Crippen LogP contribution in [0.5, 0.6) is 0 Å². The molecule has 0 spiro atoms. The maximum absolute atomic E-state index is 13.5. The van der Waals surface area contributed by atoms with E-state index in [1.165, 1.54) is 6.07 Å². The SMILES string of the molecule is Cc1nc2nc(N3CCO[C@H](c4cc[nH]c(=O)c4)C3)nc(C34CC(C(F)(F)F)(C3)C4)c2nc1C. The lowest BCUT2D eigenvalue weighted by Gasteiger charge is -2.70. The lowest BCUT2D eigenvalue weighted by Crippen LogP contribution is -2.70. The zero-order valence-electron chi connectivity index (χ0n) is 18.7. The van der Waals surface area contributed by atoms with Gasteiger partial charge < -0.3 is 14.6 Å². The quantitative estimate of drug-likeness (QED) is 0.625. The van der Waals surface area contributed by atoms with Gasteiger partial charge in [-0.2, -0.15) is 18.2 Å². The summed E-state index contributed by atoms with van der Waals surface area (Å²) >= 11 is 0. The van der Waals surface area contributed by atoms with Crippen molar-refractivity contribution in [1.82, 2.24) is 24.9 Å². The Bertz CT molecular complexity index is 1350. The second-order valence-corrected chi connectivity index (χ2v) is 9.82. The summed E-state index contributed by atoms with van der Waals surface area (Å²) in [6.07, 6.45) is -2.89. The molecule has 1 saturated heterocycles. The van der Waals surface area contributed by atoms with E-state index in [0.717, 1.165) is 11.3 Å². The fourth-order valence-corrected chi connectivity index (χ4v) is 5.65. The normalized spacial score (nSPS) is 28.5. The third-order valence-corrected chi connectivity index (χ3v) is 7.58. The van der Waals surface area contributed by atoms with Crippen molar-refractivity contribution in [2.45, 2.75) is 50.8 Å². The van der Waals surface area contributed by atoms with Gasteiger partial charge in [-0.25, -0.2) is 15.0 Å². The number of aromatic amines is 1. The third kappa shape index (κ3) is 3.05. The Morgan fingerprint density at radius 3 is 2.56 bits per heavy atom. The molecule has 2 bridgehead atoms. The van der Waals surface area contributed by atoms with E-state index in [1.807, 2.05) is 18.7 Å². The predicted molar refractivity (Wildman–Crippen MR) is 117 cm³/mol. The van der Waals surface area contributed by atoms with Gasteiger partial charge in [0.25, 0.3) is 0 Å². The minimum absolute atomic E-state index is 0.0299. The molecule has 178 valence electrons. The summed E-state index contributed by atoms with van der Waals surface area (Å²) in [5.74, 6) is 0.406. The minimum atomic E-state index is -4.20. The second kappa shape index (κ2) is 6.97. The number of nitrogens with one attached hydrogen (secondary N) is 1. The van der Waals surface area contributed by atoms with Gasteiger partial charge in [-0.05, 0) is 44.7 Å². The van der Waals surface area contributed by atoms with Crippen molar-refractivity contribution >= 4 is 17.1 Å². The predicted octanol–water partition coefficient (Wildman–Crippen LogP) is 3.29. The number of H-pyrrole nitrogens is 1. The molecule has 4 heterocycles. The van der Waals surface area contributed by atoms with E-state index in [2.05, 4.69) is 19.9 Å². The molecule has 34 heavy (non-hydrogen) atoms. The summed E-state index contributed by atoms with van der Waals surface area (Å²) in [6, 6.07) is 3.29. The number of aryl methyl sites for hydroxylation is 2. The highest BCUT2D eigenvalue weighted by Crippen LogP contribution is 2.78. The van der Waals surface area contributed by atoms with E-state index in [1.54, 1.807) is 12.3 Å². The maximum atomic E-state index is 13.5. The second-order valence-electron chi connectivity index (χ2n) is 9.82. The molecule has 0 amide bonds. The van der Waals surface area contributed by atoms with Gasteiger partial charge in [0.05, 0.1) is 35.6 Å². The fraction of sp³-hybridized carbons (Fsp3) is 0.522. The molecule has 3 aliphatic carbocycles. The van der Waals surface area contributed by atoms with Crippen LogP contribution in [0.25, 0.3) is 11.2 Å². The average Bonchev–Trinajstić information content (AvgIpc) is 2.72. The minimum Gasteiger partial charge on any atom is -0.370 e. The van der Waals surface area contributed by atoms with Crippen LogP contribution in [0.3, 0.4) is 0 Å². The number of aromatic nitrogens is 5. The number of nitrogens with zero attached hydrogens (tertiary/aromatic N) is 5. The number of hydrogen-bond acceptors (Lipinski definition) is 7. The summed E-state index contributed by atoms with van der Waals surface area (Å²) in [5, 5.41) is 0. The molecule has 1 N–H and O–H groups in total. The molecule has 0 radical (unpaired) electrons. The lowest BCUT2D eigenvalue weighted by atomic mass is 9.34. The molecule has 4 aliphatic rings. The first-order chi connectivity index (χ1) is 16.1. The van der Waals surface area contributed by atoms with Crippen molar-refractivity contribution in [1.29, 1.82) is 0 Å². The van der Waals surface area contributed by atoms with Gasteiger partial charge in [0, 0.05) is 24.2 Å².